The van der Waals surface area contributed by atoms with E-state index in [4.69, 9.17) is 13.3 Å². The maximum absolute atomic E-state index is 7.36. The molecule has 0 atom stereocenters. The van der Waals surface area contributed by atoms with Crippen molar-refractivity contribution in [1.82, 2.24) is 0 Å². The molecule has 25 rings (SSSR count). The minimum atomic E-state index is -0.463. The van der Waals surface area contributed by atoms with E-state index in [1.54, 1.807) is 22.3 Å². The number of anilines is 3. The van der Waals surface area contributed by atoms with Crippen molar-refractivity contribution >= 4 is 82.9 Å². The van der Waals surface area contributed by atoms with Crippen molar-refractivity contribution in [2.75, 3.05) is 4.90 Å². The summed E-state index contributed by atoms with van der Waals surface area (Å²) in [4.78, 5) is 2.50. The van der Waals surface area contributed by atoms with Crippen LogP contribution in [0.25, 0.3) is 177 Å². The van der Waals surface area contributed by atoms with E-state index in [1.165, 1.54) is 335 Å². The summed E-state index contributed by atoms with van der Waals surface area (Å²) in [6, 6.07) is 116. The van der Waals surface area contributed by atoms with Crippen LogP contribution in [-0.2, 0) is 32.5 Å². The van der Waals surface area contributed by atoms with E-state index >= 15 is 0 Å². The van der Waals surface area contributed by atoms with Crippen LogP contribution in [0.4, 0.5) is 17.1 Å². The van der Waals surface area contributed by atoms with E-state index < -0.39 is 10.8 Å². The molecule has 0 amide bonds. The van der Waals surface area contributed by atoms with Crippen molar-refractivity contribution in [3.8, 4) is 111 Å². The minimum absolute atomic E-state index is 0.0102. The summed E-state index contributed by atoms with van der Waals surface area (Å²) in [5, 5.41) is 6.79. The Bertz CT molecular complexity index is 7940. The average molecular weight is 1910 g/mol. The van der Waals surface area contributed by atoms with Gasteiger partial charge >= 0.3 is 0 Å². The maximum atomic E-state index is 7.36. The highest BCUT2D eigenvalue weighted by molar-refractivity contribution is 6.21. The fourth-order valence-electron chi connectivity index (χ4n) is 28.8. The van der Waals surface area contributed by atoms with Crippen molar-refractivity contribution < 1.29 is 13.3 Å². The van der Waals surface area contributed by atoms with Gasteiger partial charge in [0.05, 0.1) is 5.69 Å². The van der Waals surface area contributed by atoms with Gasteiger partial charge in [0.15, 0.2) is 5.58 Å². The number of benzene rings is 16. The molecule has 3 aromatic heterocycles. The number of hydrogen-bond acceptors (Lipinski definition) is 4. The molecule has 4 nitrogen and oxygen atoms in total. The van der Waals surface area contributed by atoms with Gasteiger partial charge in [-0.1, -0.05) is 437 Å². The van der Waals surface area contributed by atoms with E-state index in [1.807, 2.05) is 0 Å². The maximum Gasteiger partial charge on any atom is 0.159 e. The number of unbranched alkanes of at least 4 members (excludes halogenated alkanes) is 20. The van der Waals surface area contributed by atoms with Gasteiger partial charge in [-0.3, -0.25) is 0 Å². The molecule has 16 aromatic carbocycles. The summed E-state index contributed by atoms with van der Waals surface area (Å²) < 4.78 is 21.9. The van der Waals surface area contributed by atoms with Crippen LogP contribution in [0.15, 0.2) is 311 Å². The lowest BCUT2D eigenvalue weighted by Crippen LogP contribution is -2.25. The minimum Gasteiger partial charge on any atom is -0.455 e. The number of rotatable bonds is 35. The van der Waals surface area contributed by atoms with E-state index in [0.29, 0.717) is 0 Å². The fraction of sp³-hybridized carbons (Fsp3) is 0.324. The van der Waals surface area contributed by atoms with E-state index in [-0.39, 0.29) is 21.7 Å². The van der Waals surface area contributed by atoms with Crippen molar-refractivity contribution in [2.45, 2.75) is 295 Å². The first-order valence-corrected chi connectivity index (χ1v) is 56.3. The molecule has 6 aliphatic rings. The smallest absolute Gasteiger partial charge is 0.159 e. The molecular formula is C142H141NO3. The third kappa shape index (κ3) is 14.9. The Labute approximate surface area is 865 Å². The number of furan rings is 3. The molecular weight excluding hydrogens is 1770 g/mol. The second-order valence-electron chi connectivity index (χ2n) is 46.7. The molecule has 4 heteroatoms. The van der Waals surface area contributed by atoms with Gasteiger partial charge in [-0.2, -0.15) is 0 Å². The second kappa shape index (κ2) is 37.0. The molecule has 19 aromatic rings. The zero-order valence-electron chi connectivity index (χ0n) is 88.3. The molecule has 146 heavy (non-hydrogen) atoms. The van der Waals surface area contributed by atoms with Gasteiger partial charge in [0, 0.05) is 87.3 Å². The highest BCUT2D eigenvalue weighted by Crippen LogP contribution is 2.65. The van der Waals surface area contributed by atoms with Gasteiger partial charge in [0.1, 0.15) is 27.9 Å². The summed E-state index contributed by atoms with van der Waals surface area (Å²) in [6.45, 7) is 29.0. The van der Waals surface area contributed by atoms with Crippen LogP contribution >= 0.6 is 0 Å². The molecule has 0 saturated carbocycles. The SMILES string of the molecule is CCCCCCCCC1(CCCCCCCC)c2ccccc2-c2ccc(-c3ccc4c(c3)C(C)(C)c3cc(-c5cc6c(c7c5oc5ccccc57)-c5ccc(N(c7ccc8c(c7)C(C)(C)c7cc(-c9ccc%10c(c9)C(C)(C)c9cc(-c%11ccc%12c(c%11)C(CCCCCCCC)(CCCCCCCC)c%11ccccc%11-%12)ccc9-%10)c9oc%10ccccc%10c9c7-8)c7cccc8c7oc7ccccc78)cc5C6(C)C)ccc3-4)cc21. The average Bonchev–Trinajstić information content (AvgIpc) is 1.53. The second-order valence-corrected chi connectivity index (χ2v) is 46.7. The highest BCUT2D eigenvalue weighted by atomic mass is 16.3. The first-order chi connectivity index (χ1) is 71.3. The largest absolute Gasteiger partial charge is 0.455 e. The van der Waals surface area contributed by atoms with Gasteiger partial charge in [0.2, 0.25) is 0 Å². The summed E-state index contributed by atoms with van der Waals surface area (Å²) in [6.07, 6.45) is 36.3. The first kappa shape index (κ1) is 93.8. The van der Waals surface area contributed by atoms with Crippen LogP contribution < -0.4 is 4.90 Å². The Morgan fingerprint density at radius 2 is 0.479 bits per heavy atom. The molecule has 3 heterocycles. The lowest BCUT2D eigenvalue weighted by Gasteiger charge is -2.33. The van der Waals surface area contributed by atoms with Crippen LogP contribution in [0.1, 0.15) is 330 Å². The summed E-state index contributed by atoms with van der Waals surface area (Å²) in [5.74, 6) is 0. The Hall–Kier alpha value is -13.3. The van der Waals surface area contributed by atoms with Crippen molar-refractivity contribution in [3.63, 3.8) is 0 Å². The summed E-state index contributed by atoms with van der Waals surface area (Å²) >= 11 is 0. The van der Waals surface area contributed by atoms with Gasteiger partial charge in [-0.15, -0.1) is 0 Å². The Kier molecular flexibility index (Phi) is 23.7. The van der Waals surface area contributed by atoms with Gasteiger partial charge in [-0.25, -0.2) is 0 Å². The Balaban J connectivity index is 0.556. The third-order valence-corrected chi connectivity index (χ3v) is 36.7. The molecule has 0 aliphatic heterocycles. The molecule has 0 fully saturated rings. The topological polar surface area (TPSA) is 42.7 Å². The predicted octanol–water partition coefficient (Wildman–Crippen LogP) is 42.3. The van der Waals surface area contributed by atoms with Crippen molar-refractivity contribution in [2.24, 2.45) is 0 Å². The van der Waals surface area contributed by atoms with Crippen LogP contribution in [0.2, 0.25) is 0 Å². The van der Waals surface area contributed by atoms with Crippen LogP contribution in [-0.4, -0.2) is 0 Å². The fourth-order valence-corrected chi connectivity index (χ4v) is 28.8. The molecule has 0 spiro atoms. The molecule has 0 bridgehead atoms. The Morgan fingerprint density at radius 1 is 0.199 bits per heavy atom. The van der Waals surface area contributed by atoms with E-state index in [2.05, 4.69) is 385 Å². The number of fused-ring (bicyclic) bond motifs is 29. The summed E-state index contributed by atoms with van der Waals surface area (Å²) in [7, 11) is 0. The zero-order valence-corrected chi connectivity index (χ0v) is 88.3. The molecule has 732 valence electrons. The monoisotopic (exact) mass is 1910 g/mol. The molecule has 0 radical (unpaired) electrons. The number of nitrogens with zero attached hydrogens (tertiary/aromatic N) is 1. The lowest BCUT2D eigenvalue weighted by atomic mass is 9.70. The van der Waals surface area contributed by atoms with Crippen molar-refractivity contribution in [1.29, 1.82) is 0 Å². The van der Waals surface area contributed by atoms with Crippen LogP contribution in [0.5, 0.6) is 0 Å². The van der Waals surface area contributed by atoms with Crippen LogP contribution in [0.3, 0.4) is 0 Å². The predicted molar refractivity (Wildman–Crippen MR) is 619 cm³/mol. The quantitative estimate of drug-likeness (QED) is 0.0371. The molecule has 0 N–H and O–H groups in total. The van der Waals surface area contributed by atoms with Gasteiger partial charge < -0.3 is 18.2 Å². The summed E-state index contributed by atoms with van der Waals surface area (Å²) in [5.41, 5.74) is 49.7. The van der Waals surface area contributed by atoms with E-state index in [0.717, 1.165) is 83.2 Å². The first-order valence-electron chi connectivity index (χ1n) is 56.3. The molecule has 0 saturated heterocycles. The normalized spacial score (nSPS) is 15.3. The Morgan fingerprint density at radius 3 is 0.870 bits per heavy atom. The number of para-hydroxylation sites is 4. The standard InChI is InChI=1S/C142H141NO3/c1-13-17-21-25-29-43-76-141(77-44-30-26-22-18-14-2)114-54-38-33-48-98(114)104-70-62-92(82-122(104)141)90-60-68-100-102-72-64-94(84-118(102)137(5,6)116(100)80-90)112-88-124-130(132-110-51-36-41-58-128(110)145-135(112)132)108-74-66-96(86-120(108)139(124,9)10)143(126-56-47-53-107-106-50-35-40-57-127(106)144-134(107)126)97-67-75-109-121(87-97)140(11,12)125-89-113(136-133(131(109)125)111-52-37-42-59-129(111)146-136)95-65-73-103-101-69-61-91(81-117(101)138(7,8)119(103)85-95)93-63-71-105-99-49-34-39-55-115(99)142(123(105)83-93,78-45-31-27-23-19-15-3)79-46-32-28-24-20-16-4/h33-42,47-75,80-89H,13-32,43-46,76-79H2,1-12H3. The van der Waals surface area contributed by atoms with Gasteiger partial charge in [-0.05, 0) is 290 Å². The highest BCUT2D eigenvalue weighted by Gasteiger charge is 2.48. The lowest BCUT2D eigenvalue weighted by molar-refractivity contribution is 0.398. The van der Waals surface area contributed by atoms with Gasteiger partial charge in [0.25, 0.3) is 0 Å². The van der Waals surface area contributed by atoms with Crippen LogP contribution in [0, 0.1) is 0 Å². The van der Waals surface area contributed by atoms with Crippen molar-refractivity contribution in [3.05, 3.63) is 364 Å². The third-order valence-electron chi connectivity index (χ3n) is 36.7. The number of hydrogen-bond donors (Lipinski definition) is 0. The zero-order chi connectivity index (χ0) is 99.3. The van der Waals surface area contributed by atoms with E-state index in [9.17, 15) is 0 Å². The molecule has 6 aliphatic carbocycles. The molecule has 0 unspecified atom stereocenters.